The molecule has 2 N–H and O–H groups in total. The first-order chi connectivity index (χ1) is 8.44. The second kappa shape index (κ2) is 6.53. The van der Waals surface area contributed by atoms with Crippen LogP contribution < -0.4 is 5.73 Å². The summed E-state index contributed by atoms with van der Waals surface area (Å²) in [5, 5.41) is 0. The Morgan fingerprint density at radius 2 is 2.17 bits per heavy atom. The summed E-state index contributed by atoms with van der Waals surface area (Å²) in [4.78, 5) is 14.4. The van der Waals surface area contributed by atoms with Crippen molar-refractivity contribution in [2.45, 2.75) is 71.0 Å². The Morgan fingerprint density at radius 3 is 2.67 bits per heavy atom. The zero-order valence-corrected chi connectivity index (χ0v) is 12.2. The Labute approximate surface area is 111 Å². The zero-order valence-electron chi connectivity index (χ0n) is 12.2. The van der Waals surface area contributed by atoms with Gasteiger partial charge in [0.1, 0.15) is 5.54 Å². The van der Waals surface area contributed by atoms with E-state index in [1.807, 2.05) is 6.92 Å². The lowest BCUT2D eigenvalue weighted by atomic mass is 9.98. The number of nitrogens with two attached hydrogens (primary N) is 1. The highest BCUT2D eigenvalue weighted by Crippen LogP contribution is 2.33. The summed E-state index contributed by atoms with van der Waals surface area (Å²) in [6, 6.07) is 0.916. The Morgan fingerprint density at radius 1 is 1.50 bits per heavy atom. The lowest BCUT2D eigenvalue weighted by Crippen LogP contribution is -2.49. The van der Waals surface area contributed by atoms with E-state index in [1.54, 1.807) is 0 Å². The first kappa shape index (κ1) is 15.4. The van der Waals surface area contributed by atoms with Crippen LogP contribution in [0.3, 0.4) is 0 Å². The van der Waals surface area contributed by atoms with Gasteiger partial charge in [0.2, 0.25) is 0 Å². The molecule has 0 aromatic carbocycles. The number of carbonyl (C=O) groups is 1. The molecule has 1 fully saturated rings. The minimum Gasteiger partial charge on any atom is -0.465 e. The topological polar surface area (TPSA) is 55.6 Å². The van der Waals surface area contributed by atoms with E-state index in [0.29, 0.717) is 18.7 Å². The van der Waals surface area contributed by atoms with E-state index in [0.717, 1.165) is 32.2 Å². The maximum Gasteiger partial charge on any atom is 0.326 e. The van der Waals surface area contributed by atoms with Crippen molar-refractivity contribution < 1.29 is 9.53 Å². The number of rotatable bonds is 6. The van der Waals surface area contributed by atoms with E-state index >= 15 is 0 Å². The van der Waals surface area contributed by atoms with Crippen molar-refractivity contribution >= 4 is 5.97 Å². The highest BCUT2D eigenvalue weighted by Gasteiger charge is 2.45. The molecule has 1 aliphatic rings. The van der Waals surface area contributed by atoms with Gasteiger partial charge in [0, 0.05) is 12.1 Å². The van der Waals surface area contributed by atoms with Crippen LogP contribution in [-0.2, 0) is 9.53 Å². The lowest BCUT2D eigenvalue weighted by molar-refractivity contribution is -0.149. The fourth-order valence-corrected chi connectivity index (χ4v) is 2.91. The molecule has 0 radical (unpaired) electrons. The number of hydrogen-bond donors (Lipinski definition) is 1. The smallest absolute Gasteiger partial charge is 0.326 e. The van der Waals surface area contributed by atoms with Crippen LogP contribution in [-0.4, -0.2) is 41.6 Å². The Bertz CT molecular complexity index is 281. The predicted octanol–water partition coefficient (Wildman–Crippen LogP) is 1.92. The summed E-state index contributed by atoms with van der Waals surface area (Å²) in [7, 11) is 0. The summed E-state index contributed by atoms with van der Waals surface area (Å²) in [5.74, 6) is -0.229. The normalized spacial score (nSPS) is 28.1. The quantitative estimate of drug-likeness (QED) is 0.738. The van der Waals surface area contributed by atoms with Crippen LogP contribution in [0.4, 0.5) is 0 Å². The van der Waals surface area contributed by atoms with Crippen molar-refractivity contribution in [2.75, 3.05) is 13.2 Å². The van der Waals surface area contributed by atoms with Crippen LogP contribution >= 0.6 is 0 Å². The standard InChI is InChI=1S/C14H28N2O2/c1-5-9-16(11(3)4)12-7-8-14(15,10-12)13(17)18-6-2/h11-12H,5-10,15H2,1-4H3. The van der Waals surface area contributed by atoms with Gasteiger partial charge in [-0.25, -0.2) is 0 Å². The molecule has 4 heteroatoms. The highest BCUT2D eigenvalue weighted by atomic mass is 16.5. The molecule has 1 saturated carbocycles. The first-order valence-electron chi connectivity index (χ1n) is 7.16. The van der Waals surface area contributed by atoms with Crippen LogP contribution in [0.1, 0.15) is 53.4 Å². The van der Waals surface area contributed by atoms with Crippen molar-refractivity contribution in [3.8, 4) is 0 Å². The summed E-state index contributed by atoms with van der Waals surface area (Å²) >= 11 is 0. The van der Waals surface area contributed by atoms with Crippen LogP contribution in [0.25, 0.3) is 0 Å². The lowest BCUT2D eigenvalue weighted by Gasteiger charge is -2.33. The van der Waals surface area contributed by atoms with E-state index in [9.17, 15) is 4.79 Å². The second-order valence-corrected chi connectivity index (χ2v) is 5.60. The second-order valence-electron chi connectivity index (χ2n) is 5.60. The van der Waals surface area contributed by atoms with E-state index in [-0.39, 0.29) is 5.97 Å². The van der Waals surface area contributed by atoms with Crippen molar-refractivity contribution in [2.24, 2.45) is 5.73 Å². The van der Waals surface area contributed by atoms with Crippen molar-refractivity contribution in [3.05, 3.63) is 0 Å². The number of carbonyl (C=O) groups excluding carboxylic acids is 1. The molecule has 0 aromatic heterocycles. The summed E-state index contributed by atoms with van der Waals surface area (Å²) in [6.07, 6.45) is 3.59. The third-order valence-electron chi connectivity index (χ3n) is 3.82. The first-order valence-corrected chi connectivity index (χ1v) is 7.16. The fraction of sp³-hybridized carbons (Fsp3) is 0.929. The van der Waals surface area contributed by atoms with Crippen molar-refractivity contribution in [3.63, 3.8) is 0 Å². The summed E-state index contributed by atoms with van der Waals surface area (Å²) < 4.78 is 5.09. The van der Waals surface area contributed by atoms with Crippen molar-refractivity contribution in [1.29, 1.82) is 0 Å². The molecule has 0 aromatic rings. The molecule has 0 spiro atoms. The molecular formula is C14H28N2O2. The maximum atomic E-state index is 11.9. The molecule has 106 valence electrons. The minimum atomic E-state index is -0.762. The monoisotopic (exact) mass is 256 g/mol. The molecule has 18 heavy (non-hydrogen) atoms. The van der Waals surface area contributed by atoms with E-state index in [2.05, 4.69) is 25.7 Å². The van der Waals surface area contributed by atoms with Gasteiger partial charge in [-0.15, -0.1) is 0 Å². The van der Waals surface area contributed by atoms with E-state index in [1.165, 1.54) is 0 Å². The van der Waals surface area contributed by atoms with Gasteiger partial charge in [0.15, 0.2) is 0 Å². The molecule has 0 saturated heterocycles. The Kier molecular flexibility index (Phi) is 5.60. The van der Waals surface area contributed by atoms with Gasteiger partial charge >= 0.3 is 5.97 Å². The van der Waals surface area contributed by atoms with Gasteiger partial charge in [-0.1, -0.05) is 6.92 Å². The van der Waals surface area contributed by atoms with E-state index < -0.39 is 5.54 Å². The highest BCUT2D eigenvalue weighted by molar-refractivity contribution is 5.81. The molecular weight excluding hydrogens is 228 g/mol. The largest absolute Gasteiger partial charge is 0.465 e. The van der Waals surface area contributed by atoms with Gasteiger partial charge in [0.05, 0.1) is 6.61 Å². The maximum absolute atomic E-state index is 11.9. The molecule has 0 bridgehead atoms. The molecule has 1 aliphatic carbocycles. The zero-order chi connectivity index (χ0) is 13.8. The van der Waals surface area contributed by atoms with Crippen LogP contribution in [0, 0.1) is 0 Å². The third kappa shape index (κ3) is 3.45. The van der Waals surface area contributed by atoms with Crippen LogP contribution in [0.5, 0.6) is 0 Å². The molecule has 0 aliphatic heterocycles. The van der Waals surface area contributed by atoms with Crippen molar-refractivity contribution in [1.82, 2.24) is 4.90 Å². The molecule has 0 heterocycles. The van der Waals surface area contributed by atoms with Gasteiger partial charge in [0.25, 0.3) is 0 Å². The molecule has 2 atom stereocenters. The van der Waals surface area contributed by atoms with Gasteiger partial charge < -0.3 is 10.5 Å². The molecule has 1 rings (SSSR count). The van der Waals surface area contributed by atoms with Crippen LogP contribution in [0.15, 0.2) is 0 Å². The van der Waals surface area contributed by atoms with Crippen LogP contribution in [0.2, 0.25) is 0 Å². The Hall–Kier alpha value is -0.610. The fourth-order valence-electron chi connectivity index (χ4n) is 2.91. The molecule has 2 unspecified atom stereocenters. The van der Waals surface area contributed by atoms with Gasteiger partial charge in [-0.2, -0.15) is 0 Å². The van der Waals surface area contributed by atoms with Gasteiger partial charge in [-0.3, -0.25) is 9.69 Å². The molecule has 4 nitrogen and oxygen atoms in total. The average Bonchev–Trinajstić information content (AvgIpc) is 2.70. The average molecular weight is 256 g/mol. The predicted molar refractivity (Wildman–Crippen MR) is 73.3 cm³/mol. The summed E-state index contributed by atoms with van der Waals surface area (Å²) in [5.41, 5.74) is 5.45. The number of esters is 1. The third-order valence-corrected chi connectivity index (χ3v) is 3.82. The Balaban J connectivity index is 2.65. The van der Waals surface area contributed by atoms with E-state index in [4.69, 9.17) is 10.5 Å². The number of hydrogen-bond acceptors (Lipinski definition) is 4. The van der Waals surface area contributed by atoms with Gasteiger partial charge in [-0.05, 0) is 53.0 Å². The summed E-state index contributed by atoms with van der Waals surface area (Å²) in [6.45, 7) is 9.90. The minimum absolute atomic E-state index is 0.229. The number of nitrogens with zero attached hydrogens (tertiary/aromatic N) is 1. The molecule has 0 amide bonds. The number of ether oxygens (including phenoxy) is 1. The SMILES string of the molecule is CCCN(C(C)C)C1CCC(N)(C(=O)OCC)C1.